The van der Waals surface area contributed by atoms with E-state index in [0.717, 1.165) is 0 Å². The van der Waals surface area contributed by atoms with E-state index in [4.69, 9.17) is 9.47 Å². The van der Waals surface area contributed by atoms with E-state index in [0.29, 0.717) is 36.1 Å². The molecule has 0 amide bonds. The summed E-state index contributed by atoms with van der Waals surface area (Å²) in [5.41, 5.74) is 0.696. The molecular formula is C19H25FIN3O3. The molecule has 27 heavy (non-hydrogen) atoms. The third-order valence-electron chi connectivity index (χ3n) is 3.65. The van der Waals surface area contributed by atoms with Crippen molar-refractivity contribution < 1.29 is 19.0 Å². The van der Waals surface area contributed by atoms with Gasteiger partial charge in [0.25, 0.3) is 0 Å². The second kappa shape index (κ2) is 11.5. The standard InChI is InChI=1S/C19H24FN3O3.HI/c1-13(26-18-7-5-4-6-17(18)25-3)11-22-19(21-2)23-12-14-8-9-16(24)15(20)10-14;/h4-10,13,24H,11-12H2,1-3H3,(H2,21,22,23);1H. The van der Waals surface area contributed by atoms with Crippen molar-refractivity contribution in [3.8, 4) is 17.2 Å². The summed E-state index contributed by atoms with van der Waals surface area (Å²) in [5, 5.41) is 15.5. The van der Waals surface area contributed by atoms with E-state index in [1.807, 2.05) is 31.2 Å². The Morgan fingerprint density at radius 2 is 1.89 bits per heavy atom. The van der Waals surface area contributed by atoms with Gasteiger partial charge >= 0.3 is 0 Å². The summed E-state index contributed by atoms with van der Waals surface area (Å²) in [5.74, 6) is 0.904. The molecule has 0 bridgehead atoms. The molecule has 8 heteroatoms. The first kappa shape index (κ1) is 22.8. The van der Waals surface area contributed by atoms with Gasteiger partial charge in [0.15, 0.2) is 29.0 Å². The third-order valence-corrected chi connectivity index (χ3v) is 3.65. The van der Waals surface area contributed by atoms with Crippen molar-refractivity contribution in [1.29, 1.82) is 0 Å². The Bertz CT molecular complexity index is 759. The second-order valence-electron chi connectivity index (χ2n) is 5.67. The van der Waals surface area contributed by atoms with Gasteiger partial charge in [-0.2, -0.15) is 0 Å². The van der Waals surface area contributed by atoms with Crippen LogP contribution in [-0.2, 0) is 6.54 Å². The number of phenolic OH excluding ortho intramolecular Hbond substituents is 1. The lowest BCUT2D eigenvalue weighted by Crippen LogP contribution is -2.41. The van der Waals surface area contributed by atoms with Gasteiger partial charge < -0.3 is 25.2 Å². The van der Waals surface area contributed by atoms with Crippen molar-refractivity contribution in [1.82, 2.24) is 10.6 Å². The van der Waals surface area contributed by atoms with E-state index in [1.165, 1.54) is 12.1 Å². The van der Waals surface area contributed by atoms with E-state index >= 15 is 0 Å². The predicted octanol–water partition coefficient (Wildman–Crippen LogP) is 3.29. The van der Waals surface area contributed by atoms with Crippen LogP contribution in [0.4, 0.5) is 4.39 Å². The molecule has 0 aliphatic carbocycles. The summed E-state index contributed by atoms with van der Waals surface area (Å²) in [4.78, 5) is 4.13. The molecule has 2 aromatic rings. The summed E-state index contributed by atoms with van der Waals surface area (Å²) in [6.07, 6.45) is -0.129. The van der Waals surface area contributed by atoms with E-state index in [9.17, 15) is 9.50 Å². The van der Waals surface area contributed by atoms with Crippen molar-refractivity contribution in [3.05, 3.63) is 53.8 Å². The van der Waals surface area contributed by atoms with Crippen LogP contribution in [-0.4, -0.2) is 37.9 Å². The number of para-hydroxylation sites is 2. The zero-order valence-corrected chi connectivity index (χ0v) is 17.9. The van der Waals surface area contributed by atoms with Gasteiger partial charge in [-0.25, -0.2) is 4.39 Å². The van der Waals surface area contributed by atoms with Crippen LogP contribution in [0.2, 0.25) is 0 Å². The zero-order valence-electron chi connectivity index (χ0n) is 15.5. The Labute approximate surface area is 175 Å². The number of nitrogens with one attached hydrogen (secondary N) is 2. The van der Waals surface area contributed by atoms with E-state index in [1.54, 1.807) is 20.2 Å². The van der Waals surface area contributed by atoms with Crippen LogP contribution in [0.15, 0.2) is 47.5 Å². The number of benzene rings is 2. The molecule has 0 aliphatic heterocycles. The molecule has 3 N–H and O–H groups in total. The lowest BCUT2D eigenvalue weighted by molar-refractivity contribution is 0.213. The van der Waals surface area contributed by atoms with E-state index in [-0.39, 0.29) is 35.8 Å². The number of nitrogens with zero attached hydrogens (tertiary/aromatic N) is 1. The summed E-state index contributed by atoms with van der Waals surface area (Å²) in [7, 11) is 3.25. The maximum Gasteiger partial charge on any atom is 0.191 e. The minimum Gasteiger partial charge on any atom is -0.505 e. The number of hydrogen-bond donors (Lipinski definition) is 3. The summed E-state index contributed by atoms with van der Waals surface area (Å²) in [6.45, 7) is 2.82. The largest absolute Gasteiger partial charge is 0.505 e. The fourth-order valence-electron chi connectivity index (χ4n) is 2.28. The molecular weight excluding hydrogens is 464 g/mol. The van der Waals surface area contributed by atoms with Crippen LogP contribution in [0, 0.1) is 5.82 Å². The fraction of sp³-hybridized carbons (Fsp3) is 0.316. The number of methoxy groups -OCH3 is 1. The minimum absolute atomic E-state index is 0. The molecule has 0 saturated heterocycles. The normalized spacial score (nSPS) is 11.9. The molecule has 2 aromatic carbocycles. The van der Waals surface area contributed by atoms with Crippen molar-refractivity contribution in [2.75, 3.05) is 20.7 Å². The molecule has 1 atom stereocenters. The average molecular weight is 489 g/mol. The van der Waals surface area contributed by atoms with Gasteiger partial charge in [0, 0.05) is 13.6 Å². The number of hydrogen-bond acceptors (Lipinski definition) is 4. The molecule has 0 heterocycles. The lowest BCUT2D eigenvalue weighted by Gasteiger charge is -2.19. The Hall–Kier alpha value is -2.23. The maximum atomic E-state index is 13.4. The number of aromatic hydroxyl groups is 1. The maximum absolute atomic E-state index is 13.4. The molecule has 2 rings (SSSR count). The number of phenols is 1. The van der Waals surface area contributed by atoms with Gasteiger partial charge in [0.1, 0.15) is 6.10 Å². The quantitative estimate of drug-likeness (QED) is 0.316. The van der Waals surface area contributed by atoms with Gasteiger partial charge in [0.2, 0.25) is 0 Å². The highest BCUT2D eigenvalue weighted by atomic mass is 127. The van der Waals surface area contributed by atoms with E-state index in [2.05, 4.69) is 15.6 Å². The molecule has 0 fully saturated rings. The first-order valence-electron chi connectivity index (χ1n) is 8.25. The van der Waals surface area contributed by atoms with Gasteiger partial charge in [0.05, 0.1) is 13.7 Å². The molecule has 0 aliphatic rings. The third kappa shape index (κ3) is 7.12. The summed E-state index contributed by atoms with van der Waals surface area (Å²) in [6, 6.07) is 11.7. The van der Waals surface area contributed by atoms with Crippen molar-refractivity contribution in [2.24, 2.45) is 4.99 Å². The van der Waals surface area contributed by atoms with Gasteiger partial charge in [-0.1, -0.05) is 18.2 Å². The number of rotatable bonds is 7. The van der Waals surface area contributed by atoms with E-state index < -0.39 is 5.82 Å². The molecule has 148 valence electrons. The highest BCUT2D eigenvalue weighted by molar-refractivity contribution is 14.0. The highest BCUT2D eigenvalue weighted by Gasteiger charge is 2.09. The monoisotopic (exact) mass is 489 g/mol. The van der Waals surface area contributed by atoms with Crippen molar-refractivity contribution in [2.45, 2.75) is 19.6 Å². The van der Waals surface area contributed by atoms with Crippen LogP contribution in [0.25, 0.3) is 0 Å². The first-order valence-corrected chi connectivity index (χ1v) is 8.25. The van der Waals surface area contributed by atoms with Gasteiger partial charge in [-0.05, 0) is 36.8 Å². The number of halogens is 2. The first-order chi connectivity index (χ1) is 12.5. The lowest BCUT2D eigenvalue weighted by atomic mass is 10.2. The van der Waals surface area contributed by atoms with Crippen LogP contribution < -0.4 is 20.1 Å². The zero-order chi connectivity index (χ0) is 18.9. The second-order valence-corrected chi connectivity index (χ2v) is 5.67. The molecule has 0 saturated carbocycles. The number of aliphatic imine (C=N–C) groups is 1. The molecule has 0 spiro atoms. The molecule has 0 aromatic heterocycles. The minimum atomic E-state index is -0.647. The topological polar surface area (TPSA) is 75.1 Å². The summed E-state index contributed by atoms with van der Waals surface area (Å²) >= 11 is 0. The van der Waals surface area contributed by atoms with Crippen LogP contribution in [0.5, 0.6) is 17.2 Å². The van der Waals surface area contributed by atoms with Crippen molar-refractivity contribution in [3.63, 3.8) is 0 Å². The highest BCUT2D eigenvalue weighted by Crippen LogP contribution is 2.26. The molecule has 1 unspecified atom stereocenters. The SMILES string of the molecule is CN=C(NCc1ccc(O)c(F)c1)NCC(C)Oc1ccccc1OC.I. The Morgan fingerprint density at radius 1 is 1.19 bits per heavy atom. The van der Waals surface area contributed by atoms with Crippen LogP contribution in [0.3, 0.4) is 0 Å². The summed E-state index contributed by atoms with van der Waals surface area (Å²) < 4.78 is 24.5. The van der Waals surface area contributed by atoms with Gasteiger partial charge in [-0.15, -0.1) is 24.0 Å². The number of ether oxygens (including phenoxy) is 2. The Balaban J connectivity index is 0.00000364. The van der Waals surface area contributed by atoms with Crippen LogP contribution >= 0.6 is 24.0 Å². The Morgan fingerprint density at radius 3 is 2.52 bits per heavy atom. The number of guanidine groups is 1. The predicted molar refractivity (Wildman–Crippen MR) is 115 cm³/mol. The fourth-order valence-corrected chi connectivity index (χ4v) is 2.28. The Kier molecular flexibility index (Phi) is 9.70. The molecule has 6 nitrogen and oxygen atoms in total. The molecule has 0 radical (unpaired) electrons. The van der Waals surface area contributed by atoms with Crippen LogP contribution in [0.1, 0.15) is 12.5 Å². The van der Waals surface area contributed by atoms with Crippen molar-refractivity contribution >= 4 is 29.9 Å². The average Bonchev–Trinajstić information content (AvgIpc) is 2.65. The smallest absolute Gasteiger partial charge is 0.191 e. The van der Waals surface area contributed by atoms with Gasteiger partial charge in [-0.3, -0.25) is 4.99 Å².